The van der Waals surface area contributed by atoms with E-state index in [2.05, 4.69) is 4.98 Å². The van der Waals surface area contributed by atoms with Crippen molar-refractivity contribution in [3.63, 3.8) is 0 Å². The molecule has 0 fully saturated rings. The van der Waals surface area contributed by atoms with Crippen molar-refractivity contribution < 1.29 is 9.90 Å². The van der Waals surface area contributed by atoms with E-state index in [1.165, 1.54) is 17.3 Å². The zero-order chi connectivity index (χ0) is 13.1. The number of aryl methyl sites for hydroxylation is 2. The summed E-state index contributed by atoms with van der Waals surface area (Å²) in [6, 6.07) is 10.8. The zero-order valence-corrected chi connectivity index (χ0v) is 11.0. The van der Waals surface area contributed by atoms with Crippen LogP contribution in [0.1, 0.15) is 21.6 Å². The standard InChI is InChI=1S/C14H13NO2S/c1-9-7-10(2)15-13(8-9)18-12-5-3-11(4-6-12)14(16)17/h3-8H,1-2H3,(H,16,17). The number of aromatic carboxylic acids is 1. The molecule has 0 saturated heterocycles. The number of carbonyl (C=O) groups is 1. The summed E-state index contributed by atoms with van der Waals surface area (Å²) >= 11 is 1.53. The predicted molar refractivity (Wildman–Crippen MR) is 71.2 cm³/mol. The van der Waals surface area contributed by atoms with Crippen molar-refractivity contribution in [2.24, 2.45) is 0 Å². The Morgan fingerprint density at radius 1 is 1.17 bits per heavy atom. The van der Waals surface area contributed by atoms with Gasteiger partial charge in [0.15, 0.2) is 0 Å². The van der Waals surface area contributed by atoms with Gasteiger partial charge >= 0.3 is 5.97 Å². The molecular weight excluding hydrogens is 246 g/mol. The number of aromatic nitrogens is 1. The zero-order valence-electron chi connectivity index (χ0n) is 10.2. The molecule has 92 valence electrons. The van der Waals surface area contributed by atoms with Gasteiger partial charge in [-0.3, -0.25) is 0 Å². The van der Waals surface area contributed by atoms with Crippen LogP contribution < -0.4 is 0 Å². The maximum Gasteiger partial charge on any atom is 0.335 e. The Kier molecular flexibility index (Phi) is 3.67. The van der Waals surface area contributed by atoms with Crippen molar-refractivity contribution in [3.05, 3.63) is 53.2 Å². The summed E-state index contributed by atoms with van der Waals surface area (Å²) in [6.07, 6.45) is 0. The second-order valence-corrected chi connectivity index (χ2v) is 5.15. The second kappa shape index (κ2) is 5.23. The summed E-state index contributed by atoms with van der Waals surface area (Å²) < 4.78 is 0. The quantitative estimate of drug-likeness (QED) is 0.915. The molecule has 1 N–H and O–H groups in total. The number of hydrogen-bond acceptors (Lipinski definition) is 3. The smallest absolute Gasteiger partial charge is 0.335 e. The molecule has 0 aliphatic heterocycles. The highest BCUT2D eigenvalue weighted by Gasteiger charge is 2.04. The summed E-state index contributed by atoms with van der Waals surface area (Å²) in [5, 5.41) is 9.75. The van der Waals surface area contributed by atoms with Gasteiger partial charge in [0.05, 0.1) is 5.56 Å². The average Bonchev–Trinajstić information content (AvgIpc) is 2.28. The lowest BCUT2D eigenvalue weighted by atomic mass is 10.2. The Bertz CT molecular complexity index is 559. The molecule has 0 atom stereocenters. The summed E-state index contributed by atoms with van der Waals surface area (Å²) in [4.78, 5) is 16.2. The topological polar surface area (TPSA) is 50.2 Å². The molecule has 0 unspecified atom stereocenters. The van der Waals surface area contributed by atoms with Gasteiger partial charge in [-0.05, 0) is 55.8 Å². The molecule has 2 aromatic rings. The molecule has 1 heterocycles. The van der Waals surface area contributed by atoms with Gasteiger partial charge in [0.1, 0.15) is 5.03 Å². The van der Waals surface area contributed by atoms with E-state index in [0.29, 0.717) is 5.56 Å². The van der Waals surface area contributed by atoms with Gasteiger partial charge in [-0.15, -0.1) is 0 Å². The van der Waals surface area contributed by atoms with Gasteiger partial charge in [0.25, 0.3) is 0 Å². The van der Waals surface area contributed by atoms with Crippen molar-refractivity contribution in [2.45, 2.75) is 23.8 Å². The number of nitrogens with zero attached hydrogens (tertiary/aromatic N) is 1. The van der Waals surface area contributed by atoms with Gasteiger partial charge in [-0.2, -0.15) is 0 Å². The molecule has 0 radical (unpaired) electrons. The van der Waals surface area contributed by atoms with Crippen LogP contribution in [0.2, 0.25) is 0 Å². The van der Waals surface area contributed by atoms with E-state index in [0.717, 1.165) is 15.6 Å². The first-order valence-corrected chi connectivity index (χ1v) is 6.33. The molecular formula is C14H13NO2S. The highest BCUT2D eigenvalue weighted by atomic mass is 32.2. The van der Waals surface area contributed by atoms with Crippen LogP contribution in [0, 0.1) is 13.8 Å². The molecule has 2 rings (SSSR count). The average molecular weight is 259 g/mol. The van der Waals surface area contributed by atoms with Gasteiger partial charge in [0, 0.05) is 10.6 Å². The summed E-state index contributed by atoms with van der Waals surface area (Å²) in [7, 11) is 0. The van der Waals surface area contributed by atoms with E-state index in [1.807, 2.05) is 26.0 Å². The molecule has 18 heavy (non-hydrogen) atoms. The van der Waals surface area contributed by atoms with E-state index in [9.17, 15) is 4.79 Å². The Morgan fingerprint density at radius 2 is 1.83 bits per heavy atom. The Morgan fingerprint density at radius 3 is 2.39 bits per heavy atom. The maximum absolute atomic E-state index is 10.7. The van der Waals surface area contributed by atoms with Crippen LogP contribution in [0.25, 0.3) is 0 Å². The highest BCUT2D eigenvalue weighted by Crippen LogP contribution is 2.27. The van der Waals surface area contributed by atoms with Crippen molar-refractivity contribution in [3.8, 4) is 0 Å². The van der Waals surface area contributed by atoms with Gasteiger partial charge in [-0.25, -0.2) is 9.78 Å². The van der Waals surface area contributed by atoms with Crippen LogP contribution in [0.5, 0.6) is 0 Å². The number of hydrogen-bond donors (Lipinski definition) is 1. The lowest BCUT2D eigenvalue weighted by molar-refractivity contribution is 0.0697. The number of benzene rings is 1. The summed E-state index contributed by atoms with van der Waals surface area (Å²) in [5.41, 5.74) is 2.46. The van der Waals surface area contributed by atoms with Crippen LogP contribution in [0.3, 0.4) is 0 Å². The first-order valence-electron chi connectivity index (χ1n) is 5.51. The van der Waals surface area contributed by atoms with Crippen LogP contribution in [-0.4, -0.2) is 16.1 Å². The fourth-order valence-corrected chi connectivity index (χ4v) is 2.59. The fraction of sp³-hybridized carbons (Fsp3) is 0.143. The molecule has 0 bridgehead atoms. The van der Waals surface area contributed by atoms with Crippen molar-refractivity contribution in [1.29, 1.82) is 0 Å². The molecule has 0 amide bonds. The largest absolute Gasteiger partial charge is 0.478 e. The fourth-order valence-electron chi connectivity index (χ4n) is 1.64. The lowest BCUT2D eigenvalue weighted by Crippen LogP contribution is -1.94. The van der Waals surface area contributed by atoms with Crippen LogP contribution in [-0.2, 0) is 0 Å². The molecule has 4 heteroatoms. The second-order valence-electron chi connectivity index (χ2n) is 4.06. The van der Waals surface area contributed by atoms with Crippen LogP contribution in [0.4, 0.5) is 0 Å². The molecule has 0 saturated carbocycles. The van der Waals surface area contributed by atoms with E-state index >= 15 is 0 Å². The monoisotopic (exact) mass is 259 g/mol. The van der Waals surface area contributed by atoms with Crippen molar-refractivity contribution in [2.75, 3.05) is 0 Å². The normalized spacial score (nSPS) is 10.3. The summed E-state index contributed by atoms with van der Waals surface area (Å²) in [6.45, 7) is 4.00. The third kappa shape index (κ3) is 3.11. The van der Waals surface area contributed by atoms with Crippen molar-refractivity contribution >= 4 is 17.7 Å². The number of pyridine rings is 1. The van der Waals surface area contributed by atoms with Crippen molar-refractivity contribution in [1.82, 2.24) is 4.98 Å². The molecule has 1 aromatic heterocycles. The Hall–Kier alpha value is -1.81. The molecule has 0 aliphatic rings. The third-order valence-electron chi connectivity index (χ3n) is 2.40. The molecule has 1 aromatic carbocycles. The minimum atomic E-state index is -0.906. The highest BCUT2D eigenvalue weighted by molar-refractivity contribution is 7.99. The molecule has 3 nitrogen and oxygen atoms in total. The maximum atomic E-state index is 10.7. The van der Waals surface area contributed by atoms with Gasteiger partial charge in [0.2, 0.25) is 0 Å². The van der Waals surface area contributed by atoms with E-state index in [4.69, 9.17) is 5.11 Å². The summed E-state index contributed by atoms with van der Waals surface area (Å²) in [5.74, 6) is -0.906. The number of carboxylic acids is 1. The van der Waals surface area contributed by atoms with E-state index < -0.39 is 5.97 Å². The Labute approximate surface area is 110 Å². The van der Waals surface area contributed by atoms with E-state index in [-0.39, 0.29) is 0 Å². The minimum Gasteiger partial charge on any atom is -0.478 e. The molecule has 0 spiro atoms. The minimum absolute atomic E-state index is 0.299. The van der Waals surface area contributed by atoms with Crippen LogP contribution >= 0.6 is 11.8 Å². The van der Waals surface area contributed by atoms with E-state index in [1.54, 1.807) is 24.3 Å². The first kappa shape index (κ1) is 12.6. The number of rotatable bonds is 3. The first-order chi connectivity index (χ1) is 8.54. The van der Waals surface area contributed by atoms with Gasteiger partial charge < -0.3 is 5.11 Å². The lowest BCUT2D eigenvalue weighted by Gasteiger charge is -2.04. The Balaban J connectivity index is 2.20. The molecule has 0 aliphatic carbocycles. The van der Waals surface area contributed by atoms with Crippen LogP contribution in [0.15, 0.2) is 46.3 Å². The predicted octanol–water partition coefficient (Wildman–Crippen LogP) is 3.55. The SMILES string of the molecule is Cc1cc(C)nc(Sc2ccc(C(=O)O)cc2)c1. The third-order valence-corrected chi connectivity index (χ3v) is 3.32. The van der Waals surface area contributed by atoms with Gasteiger partial charge in [-0.1, -0.05) is 11.8 Å². The number of carboxylic acid groups (broad SMARTS) is 1.